The molecule has 1 N–H and O–H groups in total. The maximum absolute atomic E-state index is 3.54. The van der Waals surface area contributed by atoms with E-state index in [0.717, 1.165) is 12.6 Å². The minimum atomic E-state index is 0.629. The zero-order valence-corrected chi connectivity index (χ0v) is 11.7. The van der Waals surface area contributed by atoms with Crippen LogP contribution in [0.2, 0.25) is 0 Å². The molecule has 1 atom stereocenters. The molecule has 1 aromatic rings. The second-order valence-electron chi connectivity index (χ2n) is 5.42. The summed E-state index contributed by atoms with van der Waals surface area (Å²) in [5.74, 6) is 0. The highest BCUT2D eigenvalue weighted by molar-refractivity contribution is 5.42. The van der Waals surface area contributed by atoms with Crippen molar-refractivity contribution in [2.75, 3.05) is 18.4 Å². The van der Waals surface area contributed by atoms with Gasteiger partial charge in [-0.1, -0.05) is 31.5 Å². The average molecular weight is 246 g/mol. The first-order valence-electron chi connectivity index (χ1n) is 7.36. The van der Waals surface area contributed by atoms with Gasteiger partial charge in [0.25, 0.3) is 0 Å². The monoisotopic (exact) mass is 246 g/mol. The number of anilines is 1. The molecule has 18 heavy (non-hydrogen) atoms. The number of benzene rings is 1. The molecule has 1 aromatic carbocycles. The molecule has 1 fully saturated rings. The van der Waals surface area contributed by atoms with Crippen molar-refractivity contribution in [2.24, 2.45) is 0 Å². The van der Waals surface area contributed by atoms with E-state index in [1.54, 1.807) is 0 Å². The number of unbranched alkanes of at least 4 members (excludes halogenated alkanes) is 1. The second kappa shape index (κ2) is 6.79. The van der Waals surface area contributed by atoms with E-state index in [2.05, 4.69) is 54.4 Å². The smallest absolute Gasteiger partial charge is 0.0340 e. The summed E-state index contributed by atoms with van der Waals surface area (Å²) in [5.41, 5.74) is 1.23. The first-order valence-corrected chi connectivity index (χ1v) is 7.36. The highest BCUT2D eigenvalue weighted by Gasteiger charge is 2.31. The molecule has 0 bridgehead atoms. The van der Waals surface area contributed by atoms with Gasteiger partial charge in [-0.3, -0.25) is 4.90 Å². The quantitative estimate of drug-likeness (QED) is 0.751. The van der Waals surface area contributed by atoms with E-state index in [0.29, 0.717) is 6.04 Å². The lowest BCUT2D eigenvalue weighted by atomic mass is 10.2. The first-order chi connectivity index (χ1) is 8.81. The van der Waals surface area contributed by atoms with Crippen LogP contribution < -0.4 is 5.32 Å². The Morgan fingerprint density at radius 1 is 1.28 bits per heavy atom. The number of nitrogens with zero attached hydrogens (tertiary/aromatic N) is 1. The lowest BCUT2D eigenvalue weighted by molar-refractivity contribution is 0.203. The van der Waals surface area contributed by atoms with Gasteiger partial charge in [0.15, 0.2) is 0 Å². The van der Waals surface area contributed by atoms with Crippen molar-refractivity contribution < 1.29 is 0 Å². The molecule has 0 saturated heterocycles. The van der Waals surface area contributed by atoms with Crippen LogP contribution in [-0.4, -0.2) is 30.1 Å². The molecule has 0 aliphatic heterocycles. The third-order valence-electron chi connectivity index (χ3n) is 3.73. The van der Waals surface area contributed by atoms with E-state index in [9.17, 15) is 0 Å². The van der Waals surface area contributed by atoms with Gasteiger partial charge in [0.1, 0.15) is 0 Å². The third-order valence-corrected chi connectivity index (χ3v) is 3.73. The van der Waals surface area contributed by atoms with Crippen molar-refractivity contribution in [3.05, 3.63) is 30.3 Å². The van der Waals surface area contributed by atoms with Gasteiger partial charge in [-0.05, 0) is 44.9 Å². The van der Waals surface area contributed by atoms with Crippen molar-refractivity contribution in [2.45, 2.75) is 51.6 Å². The van der Waals surface area contributed by atoms with Crippen LogP contribution in [0.3, 0.4) is 0 Å². The molecule has 0 heterocycles. The minimum absolute atomic E-state index is 0.629. The predicted molar refractivity (Wildman–Crippen MR) is 79.0 cm³/mol. The minimum Gasteiger partial charge on any atom is -0.383 e. The molecule has 2 heteroatoms. The van der Waals surface area contributed by atoms with Gasteiger partial charge < -0.3 is 5.32 Å². The van der Waals surface area contributed by atoms with E-state index in [4.69, 9.17) is 0 Å². The summed E-state index contributed by atoms with van der Waals surface area (Å²) in [6.07, 6.45) is 5.42. The van der Waals surface area contributed by atoms with Gasteiger partial charge in [0.05, 0.1) is 0 Å². The van der Waals surface area contributed by atoms with Gasteiger partial charge in [-0.2, -0.15) is 0 Å². The molecule has 1 unspecified atom stereocenters. The van der Waals surface area contributed by atoms with Crippen molar-refractivity contribution >= 4 is 5.69 Å². The summed E-state index contributed by atoms with van der Waals surface area (Å²) in [6.45, 7) is 6.94. The van der Waals surface area contributed by atoms with Crippen LogP contribution in [0.25, 0.3) is 0 Å². The van der Waals surface area contributed by atoms with E-state index < -0.39 is 0 Å². The third kappa shape index (κ3) is 4.02. The molecule has 1 aliphatic rings. The number of nitrogens with one attached hydrogen (secondary N) is 1. The van der Waals surface area contributed by atoms with E-state index in [-0.39, 0.29) is 0 Å². The first kappa shape index (κ1) is 13.4. The normalized spacial score (nSPS) is 16.8. The summed E-state index contributed by atoms with van der Waals surface area (Å²) < 4.78 is 0. The molecular formula is C16H26N2. The Hall–Kier alpha value is -1.02. The fourth-order valence-corrected chi connectivity index (χ4v) is 2.45. The van der Waals surface area contributed by atoms with Gasteiger partial charge >= 0.3 is 0 Å². The Morgan fingerprint density at radius 2 is 2.00 bits per heavy atom. The molecule has 1 saturated carbocycles. The van der Waals surface area contributed by atoms with Crippen molar-refractivity contribution in [3.63, 3.8) is 0 Å². The van der Waals surface area contributed by atoms with Crippen molar-refractivity contribution in [1.82, 2.24) is 4.90 Å². The number of para-hydroxylation sites is 1. The molecule has 2 nitrogen and oxygen atoms in total. The second-order valence-corrected chi connectivity index (χ2v) is 5.42. The van der Waals surface area contributed by atoms with Crippen LogP contribution in [0.5, 0.6) is 0 Å². The molecule has 0 aromatic heterocycles. The van der Waals surface area contributed by atoms with Crippen LogP contribution >= 0.6 is 0 Å². The van der Waals surface area contributed by atoms with Gasteiger partial charge in [0.2, 0.25) is 0 Å². The Labute approximate surface area is 111 Å². The summed E-state index contributed by atoms with van der Waals surface area (Å²) in [7, 11) is 0. The molecule has 0 spiro atoms. The summed E-state index contributed by atoms with van der Waals surface area (Å²) in [4.78, 5) is 2.69. The lowest BCUT2D eigenvalue weighted by Gasteiger charge is -2.29. The maximum Gasteiger partial charge on any atom is 0.0340 e. The maximum atomic E-state index is 3.54. The zero-order valence-electron chi connectivity index (χ0n) is 11.7. The van der Waals surface area contributed by atoms with Gasteiger partial charge in [0, 0.05) is 24.3 Å². The van der Waals surface area contributed by atoms with Crippen LogP contribution in [0.15, 0.2) is 30.3 Å². The Bertz CT molecular complexity index is 332. The standard InChI is InChI=1S/C16H26N2/c1-3-4-12-18(16-10-11-16)14(2)13-17-15-8-6-5-7-9-15/h5-9,14,16-17H,3-4,10-13H2,1-2H3. The SMILES string of the molecule is CCCCN(C(C)CNc1ccccc1)C1CC1. The highest BCUT2D eigenvalue weighted by atomic mass is 15.2. The molecule has 1 aliphatic carbocycles. The molecule has 2 rings (SSSR count). The average Bonchev–Trinajstić information content (AvgIpc) is 3.22. The van der Waals surface area contributed by atoms with E-state index in [1.165, 1.54) is 37.9 Å². The van der Waals surface area contributed by atoms with Crippen LogP contribution in [0, 0.1) is 0 Å². The summed E-state index contributed by atoms with van der Waals surface area (Å²) in [6, 6.07) is 12.0. The summed E-state index contributed by atoms with van der Waals surface area (Å²) in [5, 5.41) is 3.54. The Balaban J connectivity index is 1.79. The fourth-order valence-electron chi connectivity index (χ4n) is 2.45. The van der Waals surface area contributed by atoms with Gasteiger partial charge in [-0.25, -0.2) is 0 Å². The van der Waals surface area contributed by atoms with Crippen LogP contribution in [0.1, 0.15) is 39.5 Å². The van der Waals surface area contributed by atoms with Crippen LogP contribution in [0.4, 0.5) is 5.69 Å². The topological polar surface area (TPSA) is 15.3 Å². The van der Waals surface area contributed by atoms with Crippen molar-refractivity contribution in [3.8, 4) is 0 Å². The fraction of sp³-hybridized carbons (Fsp3) is 0.625. The molecular weight excluding hydrogens is 220 g/mol. The summed E-state index contributed by atoms with van der Waals surface area (Å²) >= 11 is 0. The zero-order chi connectivity index (χ0) is 12.8. The Morgan fingerprint density at radius 3 is 2.61 bits per heavy atom. The lowest BCUT2D eigenvalue weighted by Crippen LogP contribution is -2.40. The van der Waals surface area contributed by atoms with Crippen LogP contribution in [-0.2, 0) is 0 Å². The van der Waals surface area contributed by atoms with E-state index >= 15 is 0 Å². The van der Waals surface area contributed by atoms with Crippen molar-refractivity contribution in [1.29, 1.82) is 0 Å². The molecule has 0 radical (unpaired) electrons. The Kier molecular flexibility index (Phi) is 5.06. The highest BCUT2D eigenvalue weighted by Crippen LogP contribution is 2.29. The largest absolute Gasteiger partial charge is 0.383 e. The number of rotatable bonds is 8. The predicted octanol–water partition coefficient (Wildman–Crippen LogP) is 3.75. The van der Waals surface area contributed by atoms with E-state index in [1.807, 2.05) is 0 Å². The number of hydrogen-bond donors (Lipinski definition) is 1. The van der Waals surface area contributed by atoms with Gasteiger partial charge in [-0.15, -0.1) is 0 Å². The molecule has 100 valence electrons. The number of hydrogen-bond acceptors (Lipinski definition) is 2. The molecule has 0 amide bonds.